The third-order valence-electron chi connectivity index (χ3n) is 2.91. The fourth-order valence-electron chi connectivity index (χ4n) is 1.75. The number of benzene rings is 1. The third kappa shape index (κ3) is 3.09. The van der Waals surface area contributed by atoms with E-state index >= 15 is 0 Å². The molecule has 0 unspecified atom stereocenters. The van der Waals surface area contributed by atoms with E-state index in [1.165, 1.54) is 5.56 Å². The second-order valence-corrected chi connectivity index (χ2v) is 6.42. The van der Waals surface area contributed by atoms with Gasteiger partial charge in [-0.15, -0.1) is 11.3 Å². The first-order chi connectivity index (χ1) is 8.58. The van der Waals surface area contributed by atoms with Crippen molar-refractivity contribution in [2.75, 3.05) is 0 Å². The molecule has 0 atom stereocenters. The quantitative estimate of drug-likeness (QED) is 0.719. The van der Waals surface area contributed by atoms with Crippen LogP contribution >= 0.6 is 27.3 Å². The van der Waals surface area contributed by atoms with Crippen molar-refractivity contribution < 1.29 is 4.79 Å². The predicted octanol–water partition coefficient (Wildman–Crippen LogP) is 5.06. The standard InChI is InChI=1S/C15H15BrOS/c1-10(2)11-3-5-12(6-4-11)14(17)9-15-13(16)7-8-18-15/h3-8,10H,9H2,1-2H3. The summed E-state index contributed by atoms with van der Waals surface area (Å²) < 4.78 is 1.03. The Morgan fingerprint density at radius 2 is 1.89 bits per heavy atom. The molecule has 1 aromatic heterocycles. The zero-order valence-electron chi connectivity index (χ0n) is 10.4. The van der Waals surface area contributed by atoms with Gasteiger partial charge in [-0.25, -0.2) is 0 Å². The smallest absolute Gasteiger partial charge is 0.168 e. The molecule has 2 aromatic rings. The second-order valence-electron chi connectivity index (χ2n) is 4.57. The van der Waals surface area contributed by atoms with Crippen molar-refractivity contribution in [1.29, 1.82) is 0 Å². The van der Waals surface area contributed by atoms with E-state index in [-0.39, 0.29) is 5.78 Å². The minimum absolute atomic E-state index is 0.174. The molecule has 0 aliphatic rings. The van der Waals surface area contributed by atoms with Crippen molar-refractivity contribution in [2.45, 2.75) is 26.2 Å². The highest BCUT2D eigenvalue weighted by atomic mass is 79.9. The van der Waals surface area contributed by atoms with Crippen LogP contribution in [0.1, 0.15) is 40.6 Å². The zero-order valence-corrected chi connectivity index (χ0v) is 12.8. The highest BCUT2D eigenvalue weighted by Gasteiger charge is 2.10. The lowest BCUT2D eigenvalue weighted by Gasteiger charge is -2.06. The molecule has 0 saturated heterocycles. The van der Waals surface area contributed by atoms with Crippen LogP contribution in [0.4, 0.5) is 0 Å². The number of ketones is 1. The molecule has 0 saturated carbocycles. The molecule has 0 amide bonds. The number of carbonyl (C=O) groups is 1. The normalized spacial score (nSPS) is 10.9. The summed E-state index contributed by atoms with van der Waals surface area (Å²) in [5.74, 6) is 0.675. The van der Waals surface area contributed by atoms with E-state index in [2.05, 4.69) is 29.8 Å². The summed E-state index contributed by atoms with van der Waals surface area (Å²) in [6, 6.07) is 9.93. The lowest BCUT2D eigenvalue weighted by Crippen LogP contribution is -2.03. The molecule has 1 heterocycles. The molecule has 0 radical (unpaired) electrons. The molecular formula is C15H15BrOS. The van der Waals surface area contributed by atoms with Crippen LogP contribution in [0.3, 0.4) is 0 Å². The molecule has 1 nitrogen and oxygen atoms in total. The van der Waals surface area contributed by atoms with Gasteiger partial charge in [-0.3, -0.25) is 4.79 Å². The molecular weight excluding hydrogens is 308 g/mol. The van der Waals surface area contributed by atoms with Gasteiger partial charge < -0.3 is 0 Å². The van der Waals surface area contributed by atoms with Crippen LogP contribution < -0.4 is 0 Å². The number of rotatable bonds is 4. The first-order valence-electron chi connectivity index (χ1n) is 5.93. The summed E-state index contributed by atoms with van der Waals surface area (Å²) in [4.78, 5) is 13.2. The summed E-state index contributed by atoms with van der Waals surface area (Å²) in [5.41, 5.74) is 2.06. The Morgan fingerprint density at radius 1 is 1.22 bits per heavy atom. The maximum absolute atomic E-state index is 12.1. The molecule has 3 heteroatoms. The molecule has 0 aliphatic heterocycles. The van der Waals surface area contributed by atoms with E-state index in [9.17, 15) is 4.79 Å². The Kier molecular flexibility index (Phi) is 4.36. The van der Waals surface area contributed by atoms with Crippen LogP contribution in [0.5, 0.6) is 0 Å². The summed E-state index contributed by atoms with van der Waals surface area (Å²) in [6.07, 6.45) is 0.472. The fraction of sp³-hybridized carbons (Fsp3) is 0.267. The van der Waals surface area contributed by atoms with Crippen molar-refractivity contribution in [1.82, 2.24) is 0 Å². The van der Waals surface area contributed by atoms with Gasteiger partial charge >= 0.3 is 0 Å². The predicted molar refractivity (Wildman–Crippen MR) is 80.6 cm³/mol. The van der Waals surface area contributed by atoms with E-state index in [0.29, 0.717) is 12.3 Å². The molecule has 0 spiro atoms. The van der Waals surface area contributed by atoms with Crippen LogP contribution in [0.2, 0.25) is 0 Å². The number of thiophene rings is 1. The first-order valence-corrected chi connectivity index (χ1v) is 7.60. The topological polar surface area (TPSA) is 17.1 Å². The highest BCUT2D eigenvalue weighted by Crippen LogP contribution is 2.24. The monoisotopic (exact) mass is 322 g/mol. The van der Waals surface area contributed by atoms with Crippen LogP contribution in [0, 0.1) is 0 Å². The maximum atomic E-state index is 12.1. The lowest BCUT2D eigenvalue weighted by molar-refractivity contribution is 0.0993. The number of halogens is 1. The molecule has 0 N–H and O–H groups in total. The van der Waals surface area contributed by atoms with Gasteiger partial charge in [0, 0.05) is 21.3 Å². The van der Waals surface area contributed by atoms with Gasteiger partial charge in [-0.05, 0) is 38.9 Å². The Morgan fingerprint density at radius 3 is 2.39 bits per heavy atom. The maximum Gasteiger partial charge on any atom is 0.168 e. The van der Waals surface area contributed by atoms with Crippen molar-refractivity contribution in [3.8, 4) is 0 Å². The molecule has 0 aliphatic carbocycles. The van der Waals surface area contributed by atoms with E-state index in [0.717, 1.165) is 14.9 Å². The van der Waals surface area contributed by atoms with E-state index < -0.39 is 0 Å². The van der Waals surface area contributed by atoms with Gasteiger partial charge in [-0.1, -0.05) is 38.1 Å². The van der Waals surface area contributed by atoms with Gasteiger partial charge in [0.25, 0.3) is 0 Å². The van der Waals surface area contributed by atoms with Gasteiger partial charge in [-0.2, -0.15) is 0 Å². The summed E-state index contributed by atoms with van der Waals surface area (Å²) in [7, 11) is 0. The van der Waals surface area contributed by atoms with Crippen LogP contribution in [0.25, 0.3) is 0 Å². The Hall–Kier alpha value is -0.930. The van der Waals surface area contributed by atoms with Crippen LogP contribution in [-0.2, 0) is 6.42 Å². The third-order valence-corrected chi connectivity index (χ3v) is 4.84. The molecule has 94 valence electrons. The van der Waals surface area contributed by atoms with Gasteiger partial charge in [0.1, 0.15) is 0 Å². The number of hydrogen-bond acceptors (Lipinski definition) is 2. The van der Waals surface area contributed by atoms with E-state index in [4.69, 9.17) is 0 Å². The minimum Gasteiger partial charge on any atom is -0.294 e. The molecule has 18 heavy (non-hydrogen) atoms. The molecule has 2 rings (SSSR count). The molecule has 0 fully saturated rings. The first kappa shape index (κ1) is 13.5. The largest absolute Gasteiger partial charge is 0.294 e. The summed E-state index contributed by atoms with van der Waals surface area (Å²) >= 11 is 5.07. The SMILES string of the molecule is CC(C)c1ccc(C(=O)Cc2sccc2Br)cc1. The Bertz CT molecular complexity index is 540. The lowest BCUT2D eigenvalue weighted by atomic mass is 9.99. The van der Waals surface area contributed by atoms with Gasteiger partial charge in [0.05, 0.1) is 0 Å². The van der Waals surface area contributed by atoms with Crippen molar-refractivity contribution in [3.63, 3.8) is 0 Å². The Balaban J connectivity index is 2.12. The number of Topliss-reactive ketones (excluding diaryl/α,β-unsaturated/α-hetero) is 1. The summed E-state index contributed by atoms with van der Waals surface area (Å²) in [6.45, 7) is 4.30. The van der Waals surface area contributed by atoms with E-state index in [1.807, 2.05) is 35.7 Å². The second kappa shape index (κ2) is 5.81. The van der Waals surface area contributed by atoms with Gasteiger partial charge in [0.15, 0.2) is 5.78 Å². The molecule has 0 bridgehead atoms. The van der Waals surface area contributed by atoms with Crippen LogP contribution in [0.15, 0.2) is 40.2 Å². The van der Waals surface area contributed by atoms with Crippen molar-refractivity contribution in [3.05, 3.63) is 56.2 Å². The number of hydrogen-bond donors (Lipinski definition) is 0. The number of carbonyl (C=O) groups excluding carboxylic acids is 1. The minimum atomic E-state index is 0.174. The zero-order chi connectivity index (χ0) is 13.1. The van der Waals surface area contributed by atoms with Gasteiger partial charge in [0.2, 0.25) is 0 Å². The van der Waals surface area contributed by atoms with Crippen molar-refractivity contribution >= 4 is 33.0 Å². The average molecular weight is 323 g/mol. The van der Waals surface area contributed by atoms with Crippen LogP contribution in [-0.4, -0.2) is 5.78 Å². The molecule has 1 aromatic carbocycles. The average Bonchev–Trinajstić information content (AvgIpc) is 2.75. The summed E-state index contributed by atoms with van der Waals surface area (Å²) in [5, 5.41) is 1.99. The van der Waals surface area contributed by atoms with Crippen molar-refractivity contribution in [2.24, 2.45) is 0 Å². The van der Waals surface area contributed by atoms with E-state index in [1.54, 1.807) is 11.3 Å². The fourth-order valence-corrected chi connectivity index (χ4v) is 3.24. The Labute approximate surface area is 120 Å². The highest BCUT2D eigenvalue weighted by molar-refractivity contribution is 9.10.